The smallest absolute Gasteiger partial charge is 0.231 e. The molecule has 4 aromatic rings. The number of H-pyrrole nitrogens is 1. The SMILES string of the molecule is Cc1ccc(Cl)cc1N1CCc2nc(-c3c(C)ccc4[nH]ncc34)nc(N3CCN(CC(N)=O)[C@H](C)C3)c2C1. The maximum Gasteiger partial charge on any atom is 0.231 e. The number of carbonyl (C=O) groups is 1. The molecule has 2 aromatic carbocycles. The van der Waals surface area contributed by atoms with Crippen LogP contribution in [0.2, 0.25) is 5.02 Å². The Morgan fingerprint density at radius 2 is 1.92 bits per heavy atom. The summed E-state index contributed by atoms with van der Waals surface area (Å²) in [7, 11) is 0. The Labute approximate surface area is 233 Å². The van der Waals surface area contributed by atoms with Crippen molar-refractivity contribution in [3.63, 3.8) is 0 Å². The molecule has 0 bridgehead atoms. The van der Waals surface area contributed by atoms with Gasteiger partial charge in [-0.1, -0.05) is 23.7 Å². The van der Waals surface area contributed by atoms with Gasteiger partial charge in [0.15, 0.2) is 5.82 Å². The minimum absolute atomic E-state index is 0.161. The molecule has 2 aromatic heterocycles. The molecule has 2 aliphatic heterocycles. The fourth-order valence-electron chi connectivity index (χ4n) is 5.94. The lowest BCUT2D eigenvalue weighted by molar-refractivity contribution is -0.119. The summed E-state index contributed by atoms with van der Waals surface area (Å²) >= 11 is 6.39. The van der Waals surface area contributed by atoms with Crippen molar-refractivity contribution in [2.24, 2.45) is 5.73 Å². The van der Waals surface area contributed by atoms with Gasteiger partial charge < -0.3 is 15.5 Å². The maximum absolute atomic E-state index is 11.6. The fraction of sp³-hybridized carbons (Fsp3) is 0.379. The third kappa shape index (κ3) is 4.81. The zero-order valence-electron chi connectivity index (χ0n) is 22.5. The molecule has 1 fully saturated rings. The Hall–Kier alpha value is -3.69. The number of rotatable bonds is 5. The van der Waals surface area contributed by atoms with Gasteiger partial charge in [-0.2, -0.15) is 5.10 Å². The van der Waals surface area contributed by atoms with Gasteiger partial charge in [0.25, 0.3) is 0 Å². The molecule has 0 aliphatic carbocycles. The van der Waals surface area contributed by atoms with Gasteiger partial charge in [0.1, 0.15) is 5.82 Å². The molecule has 202 valence electrons. The van der Waals surface area contributed by atoms with Gasteiger partial charge in [0.2, 0.25) is 5.91 Å². The summed E-state index contributed by atoms with van der Waals surface area (Å²) in [6, 6.07) is 10.4. The number of nitrogens with zero attached hydrogens (tertiary/aromatic N) is 6. The number of benzene rings is 2. The highest BCUT2D eigenvalue weighted by atomic mass is 35.5. The number of primary amides is 1. The molecule has 4 heterocycles. The van der Waals surface area contributed by atoms with Crippen molar-refractivity contribution >= 4 is 39.9 Å². The molecule has 6 rings (SSSR count). The summed E-state index contributed by atoms with van der Waals surface area (Å²) < 4.78 is 0. The average molecular weight is 545 g/mol. The quantitative estimate of drug-likeness (QED) is 0.393. The summed E-state index contributed by atoms with van der Waals surface area (Å²) in [5.41, 5.74) is 13.2. The lowest BCUT2D eigenvalue weighted by Crippen LogP contribution is -2.54. The fourth-order valence-corrected chi connectivity index (χ4v) is 6.11. The van der Waals surface area contributed by atoms with Gasteiger partial charge in [-0.05, 0) is 50.1 Å². The minimum atomic E-state index is -0.298. The molecule has 0 unspecified atom stereocenters. The number of hydrogen-bond donors (Lipinski definition) is 2. The third-order valence-electron chi connectivity index (χ3n) is 8.03. The largest absolute Gasteiger partial charge is 0.369 e. The minimum Gasteiger partial charge on any atom is -0.369 e. The number of piperazine rings is 1. The van der Waals surface area contributed by atoms with Gasteiger partial charge in [0, 0.05) is 72.4 Å². The predicted octanol–water partition coefficient (Wildman–Crippen LogP) is 3.85. The Morgan fingerprint density at radius 1 is 1.10 bits per heavy atom. The molecule has 10 heteroatoms. The monoisotopic (exact) mass is 544 g/mol. The summed E-state index contributed by atoms with van der Waals surface area (Å²) in [4.78, 5) is 28.9. The molecular formula is C29H33ClN8O. The number of fused-ring (bicyclic) bond motifs is 2. The predicted molar refractivity (Wildman–Crippen MR) is 155 cm³/mol. The first-order chi connectivity index (χ1) is 18.8. The number of halogens is 1. The van der Waals surface area contributed by atoms with Crippen LogP contribution in [-0.2, 0) is 17.8 Å². The molecule has 9 nitrogen and oxygen atoms in total. The van der Waals surface area contributed by atoms with Crippen molar-refractivity contribution in [2.45, 2.75) is 39.8 Å². The van der Waals surface area contributed by atoms with Crippen LogP contribution in [0.25, 0.3) is 22.3 Å². The van der Waals surface area contributed by atoms with Crippen LogP contribution in [0.3, 0.4) is 0 Å². The van der Waals surface area contributed by atoms with E-state index in [1.807, 2.05) is 24.4 Å². The number of nitrogens with one attached hydrogen (secondary N) is 1. The molecule has 1 amide bonds. The highest BCUT2D eigenvalue weighted by Gasteiger charge is 2.31. The second kappa shape index (κ2) is 10.1. The second-order valence-electron chi connectivity index (χ2n) is 10.7. The van der Waals surface area contributed by atoms with E-state index in [-0.39, 0.29) is 18.5 Å². The average Bonchev–Trinajstić information content (AvgIpc) is 3.39. The van der Waals surface area contributed by atoms with Crippen molar-refractivity contribution in [3.8, 4) is 11.4 Å². The molecule has 39 heavy (non-hydrogen) atoms. The molecular weight excluding hydrogens is 512 g/mol. The lowest BCUT2D eigenvalue weighted by atomic mass is 10.00. The molecule has 3 N–H and O–H groups in total. The highest BCUT2D eigenvalue weighted by molar-refractivity contribution is 6.30. The first-order valence-electron chi connectivity index (χ1n) is 13.4. The van der Waals surface area contributed by atoms with E-state index in [0.29, 0.717) is 6.54 Å². The van der Waals surface area contributed by atoms with E-state index < -0.39 is 0 Å². The summed E-state index contributed by atoms with van der Waals surface area (Å²) in [6.07, 6.45) is 2.66. The zero-order valence-corrected chi connectivity index (χ0v) is 23.3. The van der Waals surface area contributed by atoms with Crippen LogP contribution in [0.4, 0.5) is 11.5 Å². The number of aryl methyl sites for hydroxylation is 2. The summed E-state index contributed by atoms with van der Waals surface area (Å²) in [5, 5.41) is 9.11. The van der Waals surface area contributed by atoms with E-state index in [0.717, 1.165) is 88.2 Å². The third-order valence-corrected chi connectivity index (χ3v) is 8.27. The molecule has 1 atom stereocenters. The molecule has 2 aliphatic rings. The van der Waals surface area contributed by atoms with E-state index in [1.165, 1.54) is 5.56 Å². The second-order valence-corrected chi connectivity index (χ2v) is 11.2. The van der Waals surface area contributed by atoms with Crippen molar-refractivity contribution in [1.82, 2.24) is 25.1 Å². The molecule has 0 spiro atoms. The van der Waals surface area contributed by atoms with Gasteiger partial charge in [-0.25, -0.2) is 9.97 Å². The first kappa shape index (κ1) is 25.6. The van der Waals surface area contributed by atoms with E-state index in [2.05, 4.69) is 57.8 Å². The number of aromatic nitrogens is 4. The van der Waals surface area contributed by atoms with E-state index in [1.54, 1.807) is 0 Å². The standard InChI is InChI=1S/C29H33ClN8O/c1-17-4-6-20(30)12-25(17)37-9-8-23-22(15-37)29(38-11-10-36(16-26(31)39)19(3)14-38)34-28(33-23)27-18(2)5-7-24-21(27)13-32-35-24/h4-7,12-13,19H,8-11,14-16H2,1-3H3,(H2,31,39)(H,32,35)/t19-/m1/s1. The number of aromatic amines is 1. The van der Waals surface area contributed by atoms with Crippen LogP contribution >= 0.6 is 11.6 Å². The van der Waals surface area contributed by atoms with Crippen molar-refractivity contribution in [1.29, 1.82) is 0 Å². The molecule has 1 saturated heterocycles. The number of nitrogens with two attached hydrogens (primary N) is 1. The van der Waals surface area contributed by atoms with Gasteiger partial charge >= 0.3 is 0 Å². The number of amides is 1. The first-order valence-corrected chi connectivity index (χ1v) is 13.8. The topological polar surface area (TPSA) is 107 Å². The molecule has 0 radical (unpaired) electrons. The van der Waals surface area contributed by atoms with Crippen LogP contribution in [-0.4, -0.2) is 69.7 Å². The van der Waals surface area contributed by atoms with Gasteiger partial charge in [-0.15, -0.1) is 0 Å². The van der Waals surface area contributed by atoms with E-state index in [9.17, 15) is 4.79 Å². The normalized spacial score (nSPS) is 18.0. The Morgan fingerprint density at radius 3 is 2.72 bits per heavy atom. The van der Waals surface area contributed by atoms with Gasteiger partial charge in [-0.3, -0.25) is 14.8 Å². The Balaban J connectivity index is 1.45. The van der Waals surface area contributed by atoms with Crippen molar-refractivity contribution < 1.29 is 4.79 Å². The van der Waals surface area contributed by atoms with Crippen LogP contribution in [0.5, 0.6) is 0 Å². The Bertz CT molecular complexity index is 1570. The van der Waals surface area contributed by atoms with Crippen LogP contribution < -0.4 is 15.5 Å². The number of anilines is 2. The lowest BCUT2D eigenvalue weighted by Gasteiger charge is -2.41. The van der Waals surface area contributed by atoms with Crippen molar-refractivity contribution in [2.75, 3.05) is 42.5 Å². The van der Waals surface area contributed by atoms with E-state index in [4.69, 9.17) is 27.3 Å². The van der Waals surface area contributed by atoms with Crippen LogP contribution in [0.1, 0.15) is 29.3 Å². The number of carbonyl (C=O) groups excluding carboxylic acids is 1. The summed E-state index contributed by atoms with van der Waals surface area (Å²) in [5.74, 6) is 1.39. The van der Waals surface area contributed by atoms with Crippen LogP contribution in [0, 0.1) is 13.8 Å². The zero-order chi connectivity index (χ0) is 27.3. The van der Waals surface area contributed by atoms with E-state index >= 15 is 0 Å². The van der Waals surface area contributed by atoms with Crippen molar-refractivity contribution in [3.05, 3.63) is 63.9 Å². The number of hydrogen-bond acceptors (Lipinski definition) is 7. The molecule has 0 saturated carbocycles. The maximum atomic E-state index is 11.6. The Kier molecular flexibility index (Phi) is 6.64. The van der Waals surface area contributed by atoms with Gasteiger partial charge in [0.05, 0.1) is 24.0 Å². The van der Waals surface area contributed by atoms with Crippen LogP contribution in [0.15, 0.2) is 36.5 Å². The highest BCUT2D eigenvalue weighted by Crippen LogP contribution is 2.36. The summed E-state index contributed by atoms with van der Waals surface area (Å²) in [6.45, 7) is 10.4.